The monoisotopic (exact) mass is 554 g/mol. The number of ketones is 2. The van der Waals surface area contributed by atoms with E-state index in [4.69, 9.17) is 4.74 Å². The third-order valence-electron chi connectivity index (χ3n) is 8.77. The average molecular weight is 555 g/mol. The number of carbonyl (C=O) groups is 3. The summed E-state index contributed by atoms with van der Waals surface area (Å²) < 4.78 is 5.87. The maximum absolute atomic E-state index is 15.0. The molecule has 0 radical (unpaired) electrons. The van der Waals surface area contributed by atoms with E-state index in [1.165, 1.54) is 0 Å². The van der Waals surface area contributed by atoms with Crippen LogP contribution in [0.5, 0.6) is 5.75 Å². The molecule has 0 saturated carbocycles. The zero-order valence-corrected chi connectivity index (χ0v) is 23.2. The lowest BCUT2D eigenvalue weighted by atomic mass is 9.62. The van der Waals surface area contributed by atoms with Gasteiger partial charge in [0.05, 0.1) is 18.6 Å². The van der Waals surface area contributed by atoms with E-state index in [9.17, 15) is 14.4 Å². The van der Waals surface area contributed by atoms with E-state index < -0.39 is 23.4 Å². The van der Waals surface area contributed by atoms with Crippen molar-refractivity contribution in [1.29, 1.82) is 0 Å². The van der Waals surface area contributed by atoms with Crippen LogP contribution in [-0.4, -0.2) is 35.0 Å². The van der Waals surface area contributed by atoms with Crippen LogP contribution in [0.15, 0.2) is 109 Å². The van der Waals surface area contributed by atoms with E-state index >= 15 is 0 Å². The van der Waals surface area contributed by atoms with Gasteiger partial charge in [0.1, 0.15) is 17.2 Å². The van der Waals surface area contributed by atoms with Crippen LogP contribution in [0.1, 0.15) is 56.8 Å². The first kappa shape index (κ1) is 26.0. The number of ether oxygens (including phenoxy) is 1. The predicted molar refractivity (Wildman–Crippen MR) is 161 cm³/mol. The largest absolute Gasteiger partial charge is 0.494 e. The van der Waals surface area contributed by atoms with Gasteiger partial charge in [-0.25, -0.2) is 0 Å². The molecule has 3 heterocycles. The molecular weight excluding hydrogens is 524 g/mol. The normalized spacial score (nSPS) is 23.2. The summed E-state index contributed by atoms with van der Waals surface area (Å²) in [5.74, 6) is -1.17. The zero-order chi connectivity index (χ0) is 28.8. The molecule has 0 aliphatic carbocycles. The number of carbonyl (C=O) groups excluding carboxylic acids is 3. The number of rotatable bonds is 7. The van der Waals surface area contributed by atoms with Crippen LogP contribution < -0.4 is 10.1 Å². The van der Waals surface area contributed by atoms with Gasteiger partial charge in [0.2, 0.25) is 5.91 Å². The topological polar surface area (TPSA) is 75.7 Å². The quantitative estimate of drug-likeness (QED) is 0.266. The number of para-hydroxylation sites is 1. The smallest absolute Gasteiger partial charge is 0.238 e. The summed E-state index contributed by atoms with van der Waals surface area (Å²) in [6, 6.07) is 30.1. The van der Waals surface area contributed by atoms with Crippen LogP contribution in [0.3, 0.4) is 0 Å². The van der Waals surface area contributed by atoms with Crippen LogP contribution in [0.4, 0.5) is 5.69 Å². The number of fused-ring (bicyclic) bond motifs is 6. The Morgan fingerprint density at radius 3 is 2.43 bits per heavy atom. The fourth-order valence-electron chi connectivity index (χ4n) is 7.08. The first-order valence-corrected chi connectivity index (χ1v) is 14.4. The molecule has 6 heteroatoms. The maximum atomic E-state index is 15.0. The molecule has 1 fully saturated rings. The molecule has 1 saturated heterocycles. The Bertz CT molecular complexity index is 1750. The van der Waals surface area contributed by atoms with Gasteiger partial charge in [-0.05, 0) is 47.4 Å². The van der Waals surface area contributed by atoms with Crippen molar-refractivity contribution in [1.82, 2.24) is 4.90 Å². The molecule has 42 heavy (non-hydrogen) atoms. The van der Waals surface area contributed by atoms with Crippen molar-refractivity contribution in [2.24, 2.45) is 5.92 Å². The van der Waals surface area contributed by atoms with Gasteiger partial charge in [0.15, 0.2) is 11.6 Å². The summed E-state index contributed by atoms with van der Waals surface area (Å²) in [4.78, 5) is 46.0. The van der Waals surface area contributed by atoms with Crippen LogP contribution in [0.25, 0.3) is 6.08 Å². The van der Waals surface area contributed by atoms with Crippen molar-refractivity contribution in [2.45, 2.75) is 30.8 Å². The zero-order valence-electron chi connectivity index (χ0n) is 23.2. The lowest BCUT2D eigenvalue weighted by Gasteiger charge is -2.38. The molecule has 0 unspecified atom stereocenters. The van der Waals surface area contributed by atoms with E-state index in [1.54, 1.807) is 30.3 Å². The van der Waals surface area contributed by atoms with Crippen molar-refractivity contribution >= 4 is 29.2 Å². The summed E-state index contributed by atoms with van der Waals surface area (Å²) in [6.07, 6.45) is 4.69. The lowest BCUT2D eigenvalue weighted by Crippen LogP contribution is -2.49. The molecule has 0 bridgehead atoms. The second-order valence-electron chi connectivity index (χ2n) is 11.1. The number of hydrogen-bond acceptors (Lipinski definition) is 5. The molecular formula is C36H30N2O4. The van der Waals surface area contributed by atoms with E-state index in [1.807, 2.05) is 96.9 Å². The fraction of sp³-hybridized carbons (Fsp3) is 0.194. The Labute approximate surface area is 244 Å². The highest BCUT2D eigenvalue weighted by molar-refractivity contribution is 6.16. The molecule has 4 aromatic rings. The molecule has 1 amide bonds. The highest BCUT2D eigenvalue weighted by Gasteiger charge is 2.70. The number of hydrogen-bond donors (Lipinski definition) is 1. The van der Waals surface area contributed by atoms with Crippen molar-refractivity contribution in [3.8, 4) is 5.75 Å². The minimum absolute atomic E-state index is 0.199. The van der Waals surface area contributed by atoms with Gasteiger partial charge >= 0.3 is 0 Å². The third-order valence-corrected chi connectivity index (χ3v) is 8.77. The fourth-order valence-corrected chi connectivity index (χ4v) is 7.08. The molecule has 7 rings (SSSR count). The predicted octanol–water partition coefficient (Wildman–Crippen LogP) is 6.46. The first-order valence-electron chi connectivity index (χ1n) is 14.4. The number of amides is 1. The number of Topliss-reactive ketones (excluding diaryl/α,β-unsaturated/α-hetero) is 2. The van der Waals surface area contributed by atoms with E-state index in [-0.39, 0.29) is 17.5 Å². The SMILES string of the molecule is CCCOc1cccc(C(=O)[C@@H]2[C@H](C(=O)c3ccccc3)N3C=Cc4ccccc4[C@H]3[C@@]23C(=O)Nc2ccccc23)c1. The average Bonchev–Trinajstić information content (AvgIpc) is 3.52. The Balaban J connectivity index is 1.50. The van der Waals surface area contributed by atoms with Crippen molar-refractivity contribution < 1.29 is 19.1 Å². The second-order valence-corrected chi connectivity index (χ2v) is 11.1. The van der Waals surface area contributed by atoms with Gasteiger partial charge in [0, 0.05) is 23.0 Å². The Kier molecular flexibility index (Phi) is 6.27. The van der Waals surface area contributed by atoms with Gasteiger partial charge in [-0.1, -0.05) is 91.9 Å². The minimum Gasteiger partial charge on any atom is -0.494 e. The van der Waals surface area contributed by atoms with Gasteiger partial charge in [0.25, 0.3) is 0 Å². The highest BCUT2D eigenvalue weighted by Crippen LogP contribution is 2.62. The summed E-state index contributed by atoms with van der Waals surface area (Å²) >= 11 is 0. The number of nitrogens with zero attached hydrogens (tertiary/aromatic N) is 1. The highest BCUT2D eigenvalue weighted by atomic mass is 16.5. The van der Waals surface area contributed by atoms with Gasteiger partial charge in [-0.15, -0.1) is 0 Å². The summed E-state index contributed by atoms with van der Waals surface area (Å²) in [5, 5.41) is 3.09. The molecule has 1 spiro atoms. The van der Waals surface area contributed by atoms with Crippen LogP contribution in [0.2, 0.25) is 0 Å². The molecule has 4 atom stereocenters. The van der Waals surface area contributed by atoms with Crippen molar-refractivity contribution in [2.75, 3.05) is 11.9 Å². The van der Waals surface area contributed by atoms with Crippen LogP contribution in [0, 0.1) is 5.92 Å². The van der Waals surface area contributed by atoms with Crippen LogP contribution in [-0.2, 0) is 10.2 Å². The molecule has 1 N–H and O–H groups in total. The molecule has 6 nitrogen and oxygen atoms in total. The lowest BCUT2D eigenvalue weighted by molar-refractivity contribution is -0.122. The Morgan fingerprint density at radius 1 is 0.857 bits per heavy atom. The third kappa shape index (κ3) is 3.75. The molecule has 3 aliphatic rings. The van der Waals surface area contributed by atoms with Crippen molar-refractivity contribution in [3.05, 3.63) is 137 Å². The number of benzene rings is 4. The second kappa shape index (κ2) is 10.1. The van der Waals surface area contributed by atoms with E-state index in [2.05, 4.69) is 5.32 Å². The van der Waals surface area contributed by atoms with Gasteiger partial charge < -0.3 is 15.0 Å². The van der Waals surface area contributed by atoms with Crippen molar-refractivity contribution in [3.63, 3.8) is 0 Å². The van der Waals surface area contributed by atoms with E-state index in [0.29, 0.717) is 29.2 Å². The van der Waals surface area contributed by atoms with Gasteiger partial charge in [-0.2, -0.15) is 0 Å². The number of anilines is 1. The Hall–Kier alpha value is -4.97. The summed E-state index contributed by atoms with van der Waals surface area (Å²) in [6.45, 7) is 2.54. The number of nitrogens with one attached hydrogen (secondary N) is 1. The minimum atomic E-state index is -1.36. The summed E-state index contributed by atoms with van der Waals surface area (Å²) in [5.41, 5.74) is 2.82. The standard InChI is InChI=1S/C36H30N2O4/c1-2-21-42-26-15-10-14-25(22-26)32(39)30-31(33(40)24-12-4-3-5-13-24)38-20-19-23-11-6-7-16-27(23)34(38)36(30)28-17-8-9-18-29(28)37-35(36)41/h3-20,22,30-31,34H,2,21H2,1H3,(H,37,41)/t30-,31+,34-,36-/m0/s1. The molecule has 208 valence electrons. The molecule has 0 aromatic heterocycles. The van der Waals surface area contributed by atoms with Crippen LogP contribution >= 0.6 is 0 Å². The van der Waals surface area contributed by atoms with E-state index in [0.717, 1.165) is 23.1 Å². The first-order chi connectivity index (χ1) is 20.6. The maximum Gasteiger partial charge on any atom is 0.238 e. The summed E-state index contributed by atoms with van der Waals surface area (Å²) in [7, 11) is 0. The molecule has 3 aliphatic heterocycles. The Morgan fingerprint density at radius 2 is 1.60 bits per heavy atom. The molecule has 4 aromatic carbocycles. The van der Waals surface area contributed by atoms with Gasteiger partial charge in [-0.3, -0.25) is 14.4 Å².